The zero-order valence-electron chi connectivity index (χ0n) is 17.2. The average Bonchev–Trinajstić information content (AvgIpc) is 3.22. The number of likely N-dealkylation sites (tertiary alicyclic amines) is 1. The van der Waals surface area contributed by atoms with Crippen LogP contribution in [0.2, 0.25) is 0 Å². The molecule has 1 heterocycles. The van der Waals surface area contributed by atoms with Gasteiger partial charge in [0.25, 0.3) is 0 Å². The van der Waals surface area contributed by atoms with Gasteiger partial charge in [0.2, 0.25) is 5.91 Å². The van der Waals surface area contributed by atoms with E-state index in [-0.39, 0.29) is 30.6 Å². The van der Waals surface area contributed by atoms with Gasteiger partial charge >= 0.3 is 0 Å². The van der Waals surface area contributed by atoms with E-state index in [1.165, 1.54) is 11.1 Å². The summed E-state index contributed by atoms with van der Waals surface area (Å²) in [6.45, 7) is 2.05. The Labute approximate surface area is 173 Å². The lowest BCUT2D eigenvalue weighted by atomic mass is 10.0. The van der Waals surface area contributed by atoms with E-state index in [4.69, 9.17) is 0 Å². The van der Waals surface area contributed by atoms with Crippen LogP contribution in [-0.4, -0.2) is 53.7 Å². The Morgan fingerprint density at radius 3 is 2.31 bits per heavy atom. The Morgan fingerprint density at radius 1 is 0.966 bits per heavy atom. The second kappa shape index (κ2) is 8.91. The van der Waals surface area contributed by atoms with Crippen molar-refractivity contribution in [2.24, 2.45) is 0 Å². The third-order valence-electron chi connectivity index (χ3n) is 6.58. The first kappa shape index (κ1) is 19.8. The van der Waals surface area contributed by atoms with Crippen LogP contribution in [0, 0.1) is 0 Å². The van der Waals surface area contributed by atoms with E-state index in [1.807, 2.05) is 42.3 Å². The van der Waals surface area contributed by atoms with E-state index in [2.05, 4.69) is 29.2 Å². The number of benzene rings is 2. The van der Waals surface area contributed by atoms with Gasteiger partial charge in [-0.05, 0) is 43.4 Å². The third kappa shape index (κ3) is 4.59. The Balaban J connectivity index is 1.30. The van der Waals surface area contributed by atoms with Crippen molar-refractivity contribution in [2.75, 3.05) is 20.1 Å². The van der Waals surface area contributed by atoms with Crippen molar-refractivity contribution in [2.45, 2.75) is 50.6 Å². The van der Waals surface area contributed by atoms with Crippen molar-refractivity contribution in [3.8, 4) is 0 Å². The highest BCUT2D eigenvalue weighted by molar-refractivity contribution is 5.97. The lowest BCUT2D eigenvalue weighted by molar-refractivity contribution is -0.133. The topological polar surface area (TPSA) is 40.6 Å². The number of hydrogen-bond acceptors (Lipinski definition) is 3. The van der Waals surface area contributed by atoms with Crippen LogP contribution in [0.5, 0.6) is 0 Å². The fourth-order valence-corrected chi connectivity index (χ4v) is 4.79. The minimum atomic E-state index is 0.0429. The number of nitrogens with zero attached hydrogens (tertiary/aromatic N) is 2. The maximum absolute atomic E-state index is 12.7. The number of Topliss-reactive ketones (excluding diaryl/α,β-unsaturated/α-hetero) is 1. The van der Waals surface area contributed by atoms with Crippen LogP contribution in [0.3, 0.4) is 0 Å². The Kier molecular flexibility index (Phi) is 6.10. The quantitative estimate of drug-likeness (QED) is 0.706. The molecule has 152 valence electrons. The van der Waals surface area contributed by atoms with Gasteiger partial charge in [-0.25, -0.2) is 0 Å². The van der Waals surface area contributed by atoms with Gasteiger partial charge in [0.15, 0.2) is 5.78 Å². The highest BCUT2D eigenvalue weighted by atomic mass is 16.2. The number of piperidine rings is 1. The van der Waals surface area contributed by atoms with E-state index in [0.717, 1.165) is 38.8 Å². The molecule has 0 spiro atoms. The van der Waals surface area contributed by atoms with Crippen molar-refractivity contribution < 1.29 is 9.59 Å². The van der Waals surface area contributed by atoms with Crippen molar-refractivity contribution in [3.05, 3.63) is 71.3 Å². The van der Waals surface area contributed by atoms with Crippen molar-refractivity contribution >= 4 is 11.7 Å². The van der Waals surface area contributed by atoms with Gasteiger partial charge in [0.05, 0.1) is 0 Å². The van der Waals surface area contributed by atoms with Crippen molar-refractivity contribution in [1.29, 1.82) is 0 Å². The SMILES string of the molecule is CN(C(=O)CCC(=O)c1ccccc1)C1CCCN(C2Cc3ccccc3C2)C1. The van der Waals surface area contributed by atoms with Crippen LogP contribution in [0.1, 0.15) is 47.2 Å². The van der Waals surface area contributed by atoms with E-state index in [9.17, 15) is 9.59 Å². The molecule has 29 heavy (non-hydrogen) atoms. The first-order chi connectivity index (χ1) is 14.1. The molecule has 4 heteroatoms. The van der Waals surface area contributed by atoms with Gasteiger partial charge in [0, 0.05) is 44.1 Å². The first-order valence-electron chi connectivity index (χ1n) is 10.8. The summed E-state index contributed by atoms with van der Waals surface area (Å²) in [7, 11) is 1.91. The lowest BCUT2D eigenvalue weighted by Gasteiger charge is -2.40. The Bertz CT molecular complexity index is 839. The summed E-state index contributed by atoms with van der Waals surface area (Å²) in [5.41, 5.74) is 3.64. The Hall–Kier alpha value is -2.46. The molecule has 0 radical (unpaired) electrons. The maximum Gasteiger partial charge on any atom is 0.223 e. The lowest BCUT2D eigenvalue weighted by Crippen LogP contribution is -2.51. The standard InChI is InChI=1S/C25H30N2O2/c1-26(25(29)14-13-24(28)19-8-3-2-4-9-19)22-12-7-15-27(18-22)23-16-20-10-5-6-11-21(20)17-23/h2-6,8-11,22-23H,7,12-18H2,1H3. The van der Waals surface area contributed by atoms with E-state index < -0.39 is 0 Å². The van der Waals surface area contributed by atoms with Crippen molar-refractivity contribution in [3.63, 3.8) is 0 Å². The normalized spacial score (nSPS) is 19.7. The molecular formula is C25H30N2O2. The molecule has 1 aliphatic heterocycles. The van der Waals surface area contributed by atoms with Crippen LogP contribution in [0.25, 0.3) is 0 Å². The average molecular weight is 391 g/mol. The molecule has 1 amide bonds. The summed E-state index contributed by atoms with van der Waals surface area (Å²) in [5.74, 6) is 0.122. The number of carbonyl (C=O) groups excluding carboxylic acids is 2. The maximum atomic E-state index is 12.7. The van der Waals surface area contributed by atoms with Crippen LogP contribution < -0.4 is 0 Å². The summed E-state index contributed by atoms with van der Waals surface area (Å²) < 4.78 is 0. The summed E-state index contributed by atoms with van der Waals surface area (Å²) in [6, 6.07) is 18.8. The first-order valence-corrected chi connectivity index (χ1v) is 10.8. The molecule has 0 aromatic heterocycles. The zero-order chi connectivity index (χ0) is 20.2. The molecule has 2 aromatic carbocycles. The molecule has 2 aliphatic rings. The number of amides is 1. The van der Waals surface area contributed by atoms with Gasteiger partial charge in [0.1, 0.15) is 0 Å². The summed E-state index contributed by atoms with van der Waals surface area (Å²) in [6.07, 6.45) is 4.97. The predicted molar refractivity (Wildman–Crippen MR) is 115 cm³/mol. The minimum absolute atomic E-state index is 0.0429. The highest BCUT2D eigenvalue weighted by Gasteiger charge is 2.32. The molecule has 1 unspecified atom stereocenters. The molecule has 0 bridgehead atoms. The van der Waals surface area contributed by atoms with Crippen molar-refractivity contribution in [1.82, 2.24) is 9.80 Å². The number of hydrogen-bond donors (Lipinski definition) is 0. The predicted octanol–water partition coefficient (Wildman–Crippen LogP) is 3.74. The fourth-order valence-electron chi connectivity index (χ4n) is 4.79. The summed E-state index contributed by atoms with van der Waals surface area (Å²) in [5, 5.41) is 0. The number of carbonyl (C=O) groups is 2. The fraction of sp³-hybridized carbons (Fsp3) is 0.440. The molecule has 0 N–H and O–H groups in total. The smallest absolute Gasteiger partial charge is 0.223 e. The number of ketones is 1. The molecule has 4 nitrogen and oxygen atoms in total. The number of likely N-dealkylation sites (N-methyl/N-ethyl adjacent to an activating group) is 1. The summed E-state index contributed by atoms with van der Waals surface area (Å²) in [4.78, 5) is 29.5. The monoisotopic (exact) mass is 390 g/mol. The minimum Gasteiger partial charge on any atom is -0.341 e. The molecule has 1 saturated heterocycles. The molecule has 1 fully saturated rings. The van der Waals surface area contributed by atoms with Gasteiger partial charge in [-0.3, -0.25) is 14.5 Å². The van der Waals surface area contributed by atoms with Gasteiger partial charge < -0.3 is 4.90 Å². The molecular weight excluding hydrogens is 360 g/mol. The molecule has 4 rings (SSSR count). The van der Waals surface area contributed by atoms with Crippen LogP contribution in [0.15, 0.2) is 54.6 Å². The highest BCUT2D eigenvalue weighted by Crippen LogP contribution is 2.28. The van der Waals surface area contributed by atoms with E-state index in [0.29, 0.717) is 11.6 Å². The second-order valence-corrected chi connectivity index (χ2v) is 8.42. The van der Waals surface area contributed by atoms with Gasteiger partial charge in [-0.15, -0.1) is 0 Å². The van der Waals surface area contributed by atoms with Crippen LogP contribution in [-0.2, 0) is 17.6 Å². The third-order valence-corrected chi connectivity index (χ3v) is 6.58. The Morgan fingerprint density at radius 2 is 1.62 bits per heavy atom. The molecule has 1 atom stereocenters. The van der Waals surface area contributed by atoms with E-state index >= 15 is 0 Å². The van der Waals surface area contributed by atoms with Crippen LogP contribution in [0.4, 0.5) is 0 Å². The zero-order valence-corrected chi connectivity index (χ0v) is 17.2. The largest absolute Gasteiger partial charge is 0.341 e. The molecule has 2 aromatic rings. The van der Waals surface area contributed by atoms with E-state index in [1.54, 1.807) is 0 Å². The molecule has 1 aliphatic carbocycles. The summed E-state index contributed by atoms with van der Waals surface area (Å²) >= 11 is 0. The number of rotatable bonds is 6. The van der Waals surface area contributed by atoms with Gasteiger partial charge in [-0.1, -0.05) is 54.6 Å². The number of fused-ring (bicyclic) bond motifs is 1. The van der Waals surface area contributed by atoms with Gasteiger partial charge in [-0.2, -0.15) is 0 Å². The second-order valence-electron chi connectivity index (χ2n) is 8.42. The van der Waals surface area contributed by atoms with Crippen LogP contribution >= 0.6 is 0 Å². The molecule has 0 saturated carbocycles.